The second kappa shape index (κ2) is 12.1. The number of carbonyl (C=O) groups excluding carboxylic acids is 1. The molecule has 1 N–H and O–H groups in total. The Hall–Kier alpha value is -4.02. The number of amides is 1. The molecule has 2 aromatic heterocycles. The number of rotatable bonds is 7. The molecule has 11 heteroatoms. The highest BCUT2D eigenvalue weighted by Gasteiger charge is 2.25. The molecule has 9 nitrogen and oxygen atoms in total. The SMILES string of the molecule is C=CC(=O)N1CCC(Oc2cc3c(Nc4ccc(F)c(Cl)c4)ncnc3cc2-c2cnn(C3CCN(C)CC3)c2)CC1. The van der Waals surface area contributed by atoms with Crippen LogP contribution in [-0.2, 0) is 4.79 Å². The summed E-state index contributed by atoms with van der Waals surface area (Å²) in [4.78, 5) is 25.3. The van der Waals surface area contributed by atoms with Crippen molar-refractivity contribution in [3.05, 3.63) is 72.5 Å². The lowest BCUT2D eigenvalue weighted by molar-refractivity contribution is -0.127. The molecule has 1 amide bonds. The summed E-state index contributed by atoms with van der Waals surface area (Å²) in [7, 11) is 2.15. The number of anilines is 2. The molecule has 0 bridgehead atoms. The van der Waals surface area contributed by atoms with E-state index in [1.165, 1.54) is 24.5 Å². The number of hydrogen-bond acceptors (Lipinski definition) is 7. The van der Waals surface area contributed by atoms with Crippen LogP contribution in [-0.4, -0.2) is 74.8 Å². The van der Waals surface area contributed by atoms with E-state index < -0.39 is 5.82 Å². The lowest BCUT2D eigenvalue weighted by atomic mass is 10.0. The standard InChI is InChI=1S/C31H33ClFN7O2/c1-3-30(41)39-12-8-23(9-13-39)42-29-16-25-28(34-19-35-31(25)37-21-4-5-27(33)26(32)14-21)15-24(29)20-17-36-40(18-20)22-6-10-38(2)11-7-22/h3-5,14-19,22-23H,1,6-13H2,2H3,(H,34,35,37). The molecule has 2 aliphatic rings. The highest BCUT2D eigenvalue weighted by molar-refractivity contribution is 6.31. The number of piperidine rings is 2. The van der Waals surface area contributed by atoms with Gasteiger partial charge in [-0.25, -0.2) is 14.4 Å². The van der Waals surface area contributed by atoms with Gasteiger partial charge in [-0.2, -0.15) is 5.10 Å². The number of nitrogens with one attached hydrogen (secondary N) is 1. The van der Waals surface area contributed by atoms with Gasteiger partial charge in [0, 0.05) is 54.3 Å². The smallest absolute Gasteiger partial charge is 0.245 e. The van der Waals surface area contributed by atoms with Gasteiger partial charge in [0.15, 0.2) is 0 Å². The fourth-order valence-electron chi connectivity index (χ4n) is 5.66. The van der Waals surface area contributed by atoms with Crippen molar-refractivity contribution in [1.82, 2.24) is 29.5 Å². The average molecular weight is 590 g/mol. The minimum atomic E-state index is -0.489. The Balaban J connectivity index is 1.35. The number of likely N-dealkylation sites (tertiary alicyclic amines) is 2. The molecule has 42 heavy (non-hydrogen) atoms. The highest BCUT2D eigenvalue weighted by Crippen LogP contribution is 2.38. The van der Waals surface area contributed by atoms with E-state index in [1.807, 2.05) is 18.3 Å². The molecule has 2 aliphatic heterocycles. The summed E-state index contributed by atoms with van der Waals surface area (Å²) in [6, 6.07) is 8.75. The molecule has 0 aliphatic carbocycles. The molecule has 218 valence electrons. The number of ether oxygens (including phenoxy) is 1. The van der Waals surface area contributed by atoms with Gasteiger partial charge >= 0.3 is 0 Å². The number of benzene rings is 2. The minimum Gasteiger partial charge on any atom is -0.490 e. The maximum Gasteiger partial charge on any atom is 0.245 e. The largest absolute Gasteiger partial charge is 0.490 e. The third kappa shape index (κ3) is 5.96. The van der Waals surface area contributed by atoms with E-state index >= 15 is 0 Å². The summed E-state index contributed by atoms with van der Waals surface area (Å²) >= 11 is 6.02. The summed E-state index contributed by atoms with van der Waals surface area (Å²) in [5, 5.41) is 8.76. The maximum atomic E-state index is 13.8. The van der Waals surface area contributed by atoms with E-state index in [0.717, 1.165) is 48.0 Å². The molecule has 0 radical (unpaired) electrons. The van der Waals surface area contributed by atoms with Crippen LogP contribution >= 0.6 is 11.6 Å². The number of nitrogens with zero attached hydrogens (tertiary/aromatic N) is 6. The molecule has 2 fully saturated rings. The van der Waals surface area contributed by atoms with Gasteiger partial charge in [0.2, 0.25) is 5.91 Å². The van der Waals surface area contributed by atoms with E-state index in [-0.39, 0.29) is 17.0 Å². The average Bonchev–Trinajstić information content (AvgIpc) is 3.49. The van der Waals surface area contributed by atoms with Gasteiger partial charge in [-0.1, -0.05) is 18.2 Å². The van der Waals surface area contributed by atoms with Crippen LogP contribution in [0.25, 0.3) is 22.0 Å². The highest BCUT2D eigenvalue weighted by atomic mass is 35.5. The van der Waals surface area contributed by atoms with Gasteiger partial charge in [0.05, 0.1) is 22.8 Å². The number of halogens is 2. The van der Waals surface area contributed by atoms with E-state index in [0.29, 0.717) is 49.2 Å². The molecule has 0 saturated carbocycles. The van der Waals surface area contributed by atoms with Crippen molar-refractivity contribution in [2.75, 3.05) is 38.5 Å². The van der Waals surface area contributed by atoms with Crippen LogP contribution < -0.4 is 10.1 Å². The second-order valence-electron chi connectivity index (χ2n) is 10.9. The summed E-state index contributed by atoms with van der Waals surface area (Å²) in [6.07, 6.45) is 10.3. The van der Waals surface area contributed by atoms with Crippen LogP contribution in [0, 0.1) is 5.82 Å². The Morgan fingerprint density at radius 1 is 1.12 bits per heavy atom. The fourth-order valence-corrected chi connectivity index (χ4v) is 5.84. The zero-order chi connectivity index (χ0) is 29.2. The summed E-state index contributed by atoms with van der Waals surface area (Å²) < 4.78 is 22.5. The van der Waals surface area contributed by atoms with E-state index in [9.17, 15) is 9.18 Å². The second-order valence-corrected chi connectivity index (χ2v) is 11.3. The Kier molecular flexibility index (Phi) is 8.08. The summed E-state index contributed by atoms with van der Waals surface area (Å²) in [5.41, 5.74) is 3.16. The van der Waals surface area contributed by atoms with Gasteiger partial charge < -0.3 is 19.9 Å². The predicted octanol–water partition coefficient (Wildman–Crippen LogP) is 5.85. The van der Waals surface area contributed by atoms with Crippen molar-refractivity contribution < 1.29 is 13.9 Å². The first-order chi connectivity index (χ1) is 20.4. The summed E-state index contributed by atoms with van der Waals surface area (Å²) in [5.74, 6) is 0.688. The van der Waals surface area contributed by atoms with Crippen LogP contribution in [0.4, 0.5) is 15.9 Å². The summed E-state index contributed by atoms with van der Waals surface area (Å²) in [6.45, 7) is 6.91. The van der Waals surface area contributed by atoms with Crippen LogP contribution in [0.5, 0.6) is 5.75 Å². The number of carbonyl (C=O) groups is 1. The van der Waals surface area contributed by atoms with Gasteiger partial charge in [-0.3, -0.25) is 9.48 Å². The normalized spacial score (nSPS) is 17.0. The van der Waals surface area contributed by atoms with E-state index in [1.54, 1.807) is 11.0 Å². The number of fused-ring (bicyclic) bond motifs is 1. The van der Waals surface area contributed by atoms with Gasteiger partial charge in [0.1, 0.15) is 29.8 Å². The third-order valence-corrected chi connectivity index (χ3v) is 8.41. The van der Waals surface area contributed by atoms with E-state index in [4.69, 9.17) is 21.4 Å². The first kappa shape index (κ1) is 28.1. The Bertz CT molecular complexity index is 1610. The third-order valence-electron chi connectivity index (χ3n) is 8.12. The van der Waals surface area contributed by atoms with Crippen molar-refractivity contribution in [2.24, 2.45) is 0 Å². The topological polar surface area (TPSA) is 88.4 Å². The zero-order valence-corrected chi connectivity index (χ0v) is 24.2. The van der Waals surface area contributed by atoms with Crippen molar-refractivity contribution in [3.63, 3.8) is 0 Å². The minimum absolute atomic E-state index is 0.0209. The fraction of sp³-hybridized carbons (Fsp3) is 0.355. The Labute approximate surface area is 248 Å². The van der Waals surface area contributed by atoms with E-state index in [2.05, 4.69) is 44.7 Å². The number of hydrogen-bond donors (Lipinski definition) is 1. The van der Waals surface area contributed by atoms with Crippen molar-refractivity contribution in [3.8, 4) is 16.9 Å². The van der Waals surface area contributed by atoms with Gasteiger partial charge in [-0.15, -0.1) is 0 Å². The molecular formula is C31H33ClFN7O2. The molecule has 0 unspecified atom stereocenters. The van der Waals surface area contributed by atoms with Crippen molar-refractivity contribution in [2.45, 2.75) is 37.8 Å². The van der Waals surface area contributed by atoms with Gasteiger partial charge in [-0.05, 0) is 69.4 Å². The molecule has 0 spiro atoms. The molecule has 0 atom stereocenters. The Morgan fingerprint density at radius 2 is 1.90 bits per heavy atom. The Morgan fingerprint density at radius 3 is 2.64 bits per heavy atom. The molecule has 6 rings (SSSR count). The quantitative estimate of drug-likeness (QED) is 0.270. The van der Waals surface area contributed by atoms with Crippen LogP contribution in [0.3, 0.4) is 0 Å². The lowest BCUT2D eigenvalue weighted by Gasteiger charge is -2.32. The molecule has 4 aromatic rings. The van der Waals surface area contributed by atoms with Crippen molar-refractivity contribution >= 4 is 39.9 Å². The predicted molar refractivity (Wildman–Crippen MR) is 162 cm³/mol. The molecule has 2 saturated heterocycles. The molecule has 4 heterocycles. The molecular weight excluding hydrogens is 557 g/mol. The first-order valence-corrected chi connectivity index (χ1v) is 14.6. The van der Waals surface area contributed by atoms with Crippen molar-refractivity contribution in [1.29, 1.82) is 0 Å². The van der Waals surface area contributed by atoms with Crippen LogP contribution in [0.2, 0.25) is 5.02 Å². The lowest BCUT2D eigenvalue weighted by Crippen LogP contribution is -2.41. The number of aromatic nitrogens is 4. The molecule has 2 aromatic carbocycles. The van der Waals surface area contributed by atoms with Gasteiger partial charge in [0.25, 0.3) is 0 Å². The van der Waals surface area contributed by atoms with Crippen LogP contribution in [0.15, 0.2) is 61.7 Å². The maximum absolute atomic E-state index is 13.8. The zero-order valence-electron chi connectivity index (χ0n) is 23.5. The monoisotopic (exact) mass is 589 g/mol. The first-order valence-electron chi connectivity index (χ1n) is 14.2. The van der Waals surface area contributed by atoms with Crippen LogP contribution in [0.1, 0.15) is 31.7 Å².